The molecule has 0 spiro atoms. The molecular formula is C16H32N2. The van der Waals surface area contributed by atoms with Crippen LogP contribution in [0.25, 0.3) is 0 Å². The maximum absolute atomic E-state index is 3.76. The van der Waals surface area contributed by atoms with Gasteiger partial charge in [0.1, 0.15) is 0 Å². The summed E-state index contributed by atoms with van der Waals surface area (Å²) in [5.41, 5.74) is 1.02. The normalized spacial score (nSPS) is 31.2. The highest BCUT2D eigenvalue weighted by Crippen LogP contribution is 2.35. The fourth-order valence-corrected chi connectivity index (χ4v) is 3.72. The molecule has 0 amide bonds. The molecule has 0 radical (unpaired) electrons. The molecule has 106 valence electrons. The first-order valence-corrected chi connectivity index (χ1v) is 7.96. The molecule has 1 heterocycles. The molecule has 2 nitrogen and oxygen atoms in total. The van der Waals surface area contributed by atoms with Gasteiger partial charge in [0.2, 0.25) is 0 Å². The first kappa shape index (κ1) is 14.3. The second-order valence-corrected chi connectivity index (χ2v) is 7.60. The van der Waals surface area contributed by atoms with Gasteiger partial charge < -0.3 is 10.6 Å². The van der Waals surface area contributed by atoms with E-state index in [9.17, 15) is 0 Å². The van der Waals surface area contributed by atoms with Gasteiger partial charge in [-0.05, 0) is 43.1 Å². The maximum Gasteiger partial charge on any atom is 0.0243 e. The molecule has 2 aliphatic rings. The molecule has 2 fully saturated rings. The maximum atomic E-state index is 3.76. The molecular weight excluding hydrogens is 220 g/mol. The van der Waals surface area contributed by atoms with Gasteiger partial charge in [-0.15, -0.1) is 0 Å². The standard InChI is InChI=1S/C16H32N2/c1-15(2)8-7-11-18-14(15)12-17-13-16(3)9-5-4-6-10-16/h14,17-18H,4-13H2,1-3H3. The van der Waals surface area contributed by atoms with Crippen LogP contribution in [0.4, 0.5) is 0 Å². The van der Waals surface area contributed by atoms with Gasteiger partial charge in [-0.2, -0.15) is 0 Å². The van der Waals surface area contributed by atoms with Crippen molar-refractivity contribution in [1.29, 1.82) is 0 Å². The Bertz CT molecular complexity index is 254. The summed E-state index contributed by atoms with van der Waals surface area (Å²) in [6.07, 6.45) is 9.86. The summed E-state index contributed by atoms with van der Waals surface area (Å²) in [6, 6.07) is 0.651. The summed E-state index contributed by atoms with van der Waals surface area (Å²) < 4.78 is 0. The highest BCUT2D eigenvalue weighted by molar-refractivity contribution is 4.90. The molecule has 1 aliphatic carbocycles. The van der Waals surface area contributed by atoms with Crippen molar-refractivity contribution in [2.45, 2.75) is 71.8 Å². The Morgan fingerprint density at radius 2 is 1.72 bits per heavy atom. The van der Waals surface area contributed by atoms with E-state index < -0.39 is 0 Å². The van der Waals surface area contributed by atoms with Crippen LogP contribution >= 0.6 is 0 Å². The SMILES string of the molecule is CC1(CNCC2NCCCC2(C)C)CCCCC1. The minimum absolute atomic E-state index is 0.457. The lowest BCUT2D eigenvalue weighted by atomic mass is 9.75. The first-order valence-electron chi connectivity index (χ1n) is 7.96. The summed E-state index contributed by atoms with van der Waals surface area (Å²) in [7, 11) is 0. The Labute approximate surface area is 113 Å². The third-order valence-corrected chi connectivity index (χ3v) is 5.29. The minimum atomic E-state index is 0.457. The molecule has 0 aromatic heterocycles. The van der Waals surface area contributed by atoms with E-state index in [1.54, 1.807) is 0 Å². The van der Waals surface area contributed by atoms with Crippen LogP contribution in [0.1, 0.15) is 65.7 Å². The van der Waals surface area contributed by atoms with E-state index in [4.69, 9.17) is 0 Å². The molecule has 1 saturated carbocycles. The monoisotopic (exact) mass is 252 g/mol. The largest absolute Gasteiger partial charge is 0.315 e. The van der Waals surface area contributed by atoms with E-state index in [0.29, 0.717) is 16.9 Å². The van der Waals surface area contributed by atoms with Crippen LogP contribution in [-0.4, -0.2) is 25.7 Å². The molecule has 2 heteroatoms. The van der Waals surface area contributed by atoms with E-state index in [2.05, 4.69) is 31.4 Å². The average Bonchev–Trinajstić information content (AvgIpc) is 2.32. The molecule has 0 bridgehead atoms. The van der Waals surface area contributed by atoms with Crippen LogP contribution in [0.5, 0.6) is 0 Å². The molecule has 18 heavy (non-hydrogen) atoms. The van der Waals surface area contributed by atoms with Crippen molar-refractivity contribution < 1.29 is 0 Å². The quantitative estimate of drug-likeness (QED) is 0.802. The van der Waals surface area contributed by atoms with Crippen LogP contribution in [0.2, 0.25) is 0 Å². The summed E-state index contributed by atoms with van der Waals surface area (Å²) in [5.74, 6) is 0. The van der Waals surface area contributed by atoms with E-state index in [0.717, 1.165) is 6.54 Å². The van der Waals surface area contributed by atoms with E-state index in [1.807, 2.05) is 0 Å². The lowest BCUT2D eigenvalue weighted by molar-refractivity contribution is 0.160. The predicted octanol–water partition coefficient (Wildman–Crippen LogP) is 3.32. The Morgan fingerprint density at radius 1 is 1.00 bits per heavy atom. The smallest absolute Gasteiger partial charge is 0.0243 e. The van der Waals surface area contributed by atoms with E-state index >= 15 is 0 Å². The van der Waals surface area contributed by atoms with Crippen molar-refractivity contribution in [1.82, 2.24) is 10.6 Å². The summed E-state index contributed by atoms with van der Waals surface area (Å²) in [5, 5.41) is 7.46. The zero-order valence-electron chi connectivity index (χ0n) is 12.6. The summed E-state index contributed by atoms with van der Waals surface area (Å²) in [6.45, 7) is 10.8. The Balaban J connectivity index is 1.74. The van der Waals surface area contributed by atoms with Crippen molar-refractivity contribution >= 4 is 0 Å². The fourth-order valence-electron chi connectivity index (χ4n) is 3.72. The van der Waals surface area contributed by atoms with E-state index in [1.165, 1.54) is 58.0 Å². The third kappa shape index (κ3) is 3.71. The van der Waals surface area contributed by atoms with Crippen LogP contribution < -0.4 is 10.6 Å². The fraction of sp³-hybridized carbons (Fsp3) is 1.00. The molecule has 2 rings (SSSR count). The number of nitrogens with one attached hydrogen (secondary N) is 2. The Morgan fingerprint density at radius 3 is 2.39 bits per heavy atom. The average molecular weight is 252 g/mol. The molecule has 0 aromatic rings. The van der Waals surface area contributed by atoms with Crippen LogP contribution in [0, 0.1) is 10.8 Å². The van der Waals surface area contributed by atoms with Gasteiger partial charge in [-0.25, -0.2) is 0 Å². The number of hydrogen-bond acceptors (Lipinski definition) is 2. The van der Waals surface area contributed by atoms with Gasteiger partial charge >= 0.3 is 0 Å². The van der Waals surface area contributed by atoms with Gasteiger partial charge in [0.15, 0.2) is 0 Å². The molecule has 1 atom stereocenters. The molecule has 1 saturated heterocycles. The van der Waals surface area contributed by atoms with Crippen molar-refractivity contribution in [3.63, 3.8) is 0 Å². The minimum Gasteiger partial charge on any atom is -0.315 e. The number of rotatable bonds is 4. The zero-order chi connectivity index (χ0) is 13.1. The molecule has 2 N–H and O–H groups in total. The highest BCUT2D eigenvalue weighted by atomic mass is 15.0. The van der Waals surface area contributed by atoms with Gasteiger partial charge in [-0.1, -0.05) is 40.0 Å². The Kier molecular flexibility index (Phi) is 4.71. The Hall–Kier alpha value is -0.0800. The van der Waals surface area contributed by atoms with Crippen molar-refractivity contribution in [3.8, 4) is 0 Å². The lowest BCUT2D eigenvalue weighted by Crippen LogP contribution is -2.53. The molecule has 1 aliphatic heterocycles. The van der Waals surface area contributed by atoms with Gasteiger partial charge in [0.25, 0.3) is 0 Å². The lowest BCUT2D eigenvalue weighted by Gasteiger charge is -2.41. The number of piperidine rings is 1. The van der Waals surface area contributed by atoms with E-state index in [-0.39, 0.29) is 0 Å². The highest BCUT2D eigenvalue weighted by Gasteiger charge is 2.32. The number of hydrogen-bond donors (Lipinski definition) is 2. The predicted molar refractivity (Wildman–Crippen MR) is 78.9 cm³/mol. The van der Waals surface area contributed by atoms with Crippen molar-refractivity contribution in [2.75, 3.05) is 19.6 Å². The van der Waals surface area contributed by atoms with Crippen LogP contribution in [0.15, 0.2) is 0 Å². The van der Waals surface area contributed by atoms with Crippen LogP contribution in [-0.2, 0) is 0 Å². The van der Waals surface area contributed by atoms with Gasteiger partial charge in [-0.3, -0.25) is 0 Å². The summed E-state index contributed by atoms with van der Waals surface area (Å²) in [4.78, 5) is 0. The first-order chi connectivity index (χ1) is 8.52. The third-order valence-electron chi connectivity index (χ3n) is 5.29. The van der Waals surface area contributed by atoms with Crippen molar-refractivity contribution in [2.24, 2.45) is 10.8 Å². The van der Waals surface area contributed by atoms with Gasteiger partial charge in [0.05, 0.1) is 0 Å². The molecule has 0 aromatic carbocycles. The van der Waals surface area contributed by atoms with Crippen molar-refractivity contribution in [3.05, 3.63) is 0 Å². The van der Waals surface area contributed by atoms with Crippen LogP contribution in [0.3, 0.4) is 0 Å². The second-order valence-electron chi connectivity index (χ2n) is 7.60. The summed E-state index contributed by atoms with van der Waals surface area (Å²) >= 11 is 0. The topological polar surface area (TPSA) is 24.1 Å². The molecule has 1 unspecified atom stereocenters. The van der Waals surface area contributed by atoms with Gasteiger partial charge in [0, 0.05) is 19.1 Å². The zero-order valence-corrected chi connectivity index (χ0v) is 12.6. The second kappa shape index (κ2) is 5.92.